The van der Waals surface area contributed by atoms with E-state index in [-0.39, 0.29) is 6.42 Å². The molecule has 1 aromatic carbocycles. The van der Waals surface area contributed by atoms with E-state index in [0.29, 0.717) is 10.8 Å². The SMILES string of the molecule is O=C(Cl)C[CH2][Ge]([Cl])([Cl])[Cl].O=C(Cl)c1cc(I)c(I)c(I)c1. The summed E-state index contributed by atoms with van der Waals surface area (Å²) in [7, 11) is 13.4. The second kappa shape index (κ2) is 11.4. The van der Waals surface area contributed by atoms with Crippen LogP contribution in [0.5, 0.6) is 0 Å². The van der Waals surface area contributed by atoms with Gasteiger partial charge < -0.3 is 0 Å². The third-order valence-corrected chi connectivity index (χ3v) is 11.8. The smallest absolute Gasteiger partial charge is 0.252 e. The Labute approximate surface area is 188 Å². The van der Waals surface area contributed by atoms with Crippen LogP contribution in [0.15, 0.2) is 12.1 Å². The van der Waals surface area contributed by atoms with Crippen LogP contribution in [0.2, 0.25) is 5.25 Å². The van der Waals surface area contributed by atoms with E-state index < -0.39 is 21.0 Å². The number of benzene rings is 1. The maximum Gasteiger partial charge on any atom is 0.252 e. The summed E-state index contributed by atoms with van der Waals surface area (Å²) in [5.74, 6) is 0. The van der Waals surface area contributed by atoms with Crippen LogP contribution in [0, 0.1) is 10.7 Å². The zero-order chi connectivity index (χ0) is 16.8. The number of carbonyl (C=O) groups is 2. The molecule has 1 rings (SSSR count). The first kappa shape index (κ1) is 23.7. The molecule has 118 valence electrons. The van der Waals surface area contributed by atoms with Gasteiger partial charge in [0, 0.05) is 16.3 Å². The van der Waals surface area contributed by atoms with Crippen molar-refractivity contribution in [1.29, 1.82) is 0 Å². The molecular formula is C10H6Cl5GeI3O2. The molecule has 0 N–H and O–H groups in total. The molecule has 0 fully saturated rings. The molecule has 0 spiro atoms. The van der Waals surface area contributed by atoms with Crippen LogP contribution in [0.1, 0.15) is 16.8 Å². The molecule has 0 aliphatic rings. The monoisotopic (exact) mass is 788 g/mol. The van der Waals surface area contributed by atoms with Crippen LogP contribution < -0.4 is 0 Å². The standard InChI is InChI=1S/C7H2ClI3O.C3H4Cl4GeO/c8-7(12)3-1-4(9)6(11)5(10)2-3;4-3(9)1-2-8(5,6)7/h1-2H;1-2H2. The summed E-state index contributed by atoms with van der Waals surface area (Å²) in [4.78, 5) is 20.9. The number of halogens is 8. The Morgan fingerprint density at radius 1 is 1.00 bits per heavy atom. The number of carbonyl (C=O) groups excluding carboxylic acids is 2. The quantitative estimate of drug-likeness (QED) is 0.148. The first-order valence-electron chi connectivity index (χ1n) is 5.03. The van der Waals surface area contributed by atoms with Gasteiger partial charge in [-0.15, -0.1) is 0 Å². The number of rotatable bonds is 4. The van der Waals surface area contributed by atoms with E-state index in [1.807, 2.05) is 0 Å². The van der Waals surface area contributed by atoms with E-state index in [2.05, 4.69) is 67.8 Å². The Bertz CT molecular complexity index is 513. The van der Waals surface area contributed by atoms with Crippen molar-refractivity contribution in [3.05, 3.63) is 28.4 Å². The van der Waals surface area contributed by atoms with Gasteiger partial charge in [-0.1, -0.05) is 0 Å². The zero-order valence-corrected chi connectivity index (χ0v) is 22.3. The third kappa shape index (κ3) is 11.8. The Morgan fingerprint density at radius 2 is 1.43 bits per heavy atom. The first-order chi connectivity index (χ1) is 9.44. The topological polar surface area (TPSA) is 34.1 Å². The molecule has 0 radical (unpaired) electrons. The molecule has 0 atom stereocenters. The maximum absolute atomic E-state index is 10.8. The second-order valence-electron chi connectivity index (χ2n) is 3.50. The normalized spacial score (nSPS) is 10.7. The van der Waals surface area contributed by atoms with Crippen molar-refractivity contribution in [2.24, 2.45) is 0 Å². The predicted molar refractivity (Wildman–Crippen MR) is 118 cm³/mol. The van der Waals surface area contributed by atoms with Crippen molar-refractivity contribution >= 4 is 142 Å². The van der Waals surface area contributed by atoms with E-state index in [1.54, 1.807) is 12.1 Å². The number of hydrogen-bond acceptors (Lipinski definition) is 2. The van der Waals surface area contributed by atoms with E-state index in [0.717, 1.165) is 10.7 Å². The van der Waals surface area contributed by atoms with E-state index in [1.165, 1.54) is 0 Å². The van der Waals surface area contributed by atoms with Gasteiger partial charge in [0.05, 0.1) is 0 Å². The van der Waals surface area contributed by atoms with Crippen LogP contribution >= 0.6 is 121 Å². The average molecular weight is 789 g/mol. The van der Waals surface area contributed by atoms with E-state index in [9.17, 15) is 9.59 Å². The Balaban J connectivity index is 0.000000400. The summed E-state index contributed by atoms with van der Waals surface area (Å²) < 4.78 is 3.28. The zero-order valence-electron chi connectivity index (χ0n) is 9.91. The molecule has 0 heterocycles. The van der Waals surface area contributed by atoms with Gasteiger partial charge in [-0.2, -0.15) is 0 Å². The third-order valence-electron chi connectivity index (χ3n) is 1.82. The summed E-state index contributed by atoms with van der Waals surface area (Å²) in [5.41, 5.74) is 0.561. The summed E-state index contributed by atoms with van der Waals surface area (Å²) in [6.45, 7) is 0. The fourth-order valence-corrected chi connectivity index (χ4v) is 6.07. The molecule has 2 nitrogen and oxygen atoms in total. The summed E-state index contributed by atoms with van der Waals surface area (Å²) in [6, 6.07) is 3.58. The van der Waals surface area contributed by atoms with Gasteiger partial charge in [-0.3, -0.25) is 4.79 Å². The molecule has 11 heteroatoms. The fraction of sp³-hybridized carbons (Fsp3) is 0.200. The van der Waals surface area contributed by atoms with Gasteiger partial charge >= 0.3 is 73.8 Å². The molecule has 0 unspecified atom stereocenters. The summed E-state index contributed by atoms with van der Waals surface area (Å²) in [6.07, 6.45) is 0.179. The van der Waals surface area contributed by atoms with Crippen molar-refractivity contribution in [3.8, 4) is 0 Å². The molecule has 0 aliphatic carbocycles. The van der Waals surface area contributed by atoms with E-state index >= 15 is 0 Å². The van der Waals surface area contributed by atoms with E-state index in [4.69, 9.17) is 53.2 Å². The molecule has 21 heavy (non-hydrogen) atoms. The van der Waals surface area contributed by atoms with Crippen molar-refractivity contribution in [3.63, 3.8) is 0 Å². The molecule has 0 bridgehead atoms. The van der Waals surface area contributed by atoms with Gasteiger partial charge in [0.1, 0.15) is 0 Å². The summed E-state index contributed by atoms with van der Waals surface area (Å²) in [5, 5.41) is -0.485. The van der Waals surface area contributed by atoms with Crippen LogP contribution in [-0.4, -0.2) is 21.0 Å². The average Bonchev–Trinajstić information content (AvgIpc) is 2.32. The molecule has 0 aliphatic heterocycles. The Hall–Kier alpha value is 2.74. The van der Waals surface area contributed by atoms with Crippen molar-refractivity contribution in [2.75, 3.05) is 0 Å². The van der Waals surface area contributed by atoms with Crippen LogP contribution in [0.3, 0.4) is 0 Å². The molecule has 0 aromatic heterocycles. The van der Waals surface area contributed by atoms with Crippen molar-refractivity contribution < 1.29 is 9.59 Å². The van der Waals surface area contributed by atoms with Gasteiger partial charge in [-0.25, -0.2) is 0 Å². The van der Waals surface area contributed by atoms with Crippen molar-refractivity contribution in [2.45, 2.75) is 11.7 Å². The molecule has 0 saturated carbocycles. The minimum absolute atomic E-state index is 0.179. The predicted octanol–water partition coefficient (Wildman–Crippen LogP) is 6.68. The van der Waals surface area contributed by atoms with Gasteiger partial charge in [0.25, 0.3) is 5.24 Å². The molecular weight excluding hydrogens is 783 g/mol. The Kier molecular flexibility index (Phi) is 12.9. The van der Waals surface area contributed by atoms with Gasteiger partial charge in [-0.05, 0) is 91.5 Å². The van der Waals surface area contributed by atoms with Crippen molar-refractivity contribution in [1.82, 2.24) is 0 Å². The van der Waals surface area contributed by atoms with Gasteiger partial charge in [0.2, 0.25) is 0 Å². The molecule has 0 amide bonds. The Morgan fingerprint density at radius 3 is 1.67 bits per heavy atom. The minimum atomic E-state index is -3.05. The summed E-state index contributed by atoms with van der Waals surface area (Å²) >= 11 is 17.0. The van der Waals surface area contributed by atoms with Crippen LogP contribution in [0.4, 0.5) is 0 Å². The molecule has 1 aromatic rings. The molecule has 0 saturated heterocycles. The second-order valence-corrected chi connectivity index (χ2v) is 24.4. The minimum Gasteiger partial charge on any atom is -0.276 e. The van der Waals surface area contributed by atoms with Crippen LogP contribution in [0.25, 0.3) is 0 Å². The largest absolute Gasteiger partial charge is 0.276 e. The van der Waals surface area contributed by atoms with Gasteiger partial charge in [0.15, 0.2) is 0 Å². The number of hydrogen-bond donors (Lipinski definition) is 0. The fourth-order valence-electron chi connectivity index (χ4n) is 0.909. The maximum atomic E-state index is 10.8. The first-order valence-corrected chi connectivity index (χ1v) is 18.8. The van der Waals surface area contributed by atoms with Crippen LogP contribution in [-0.2, 0) is 4.79 Å².